The fourth-order valence-electron chi connectivity index (χ4n) is 0.129. The van der Waals surface area contributed by atoms with E-state index in [2.05, 4.69) is 0 Å². The lowest BCUT2D eigenvalue weighted by atomic mass is 10.3. The second-order valence-corrected chi connectivity index (χ2v) is 2.55. The Hall–Kier alpha value is -0.0300. The smallest absolute Gasteiger partial charge is 0.394 e. The van der Waals surface area contributed by atoms with Crippen LogP contribution in [0.1, 0.15) is 13.3 Å². The summed E-state index contributed by atoms with van der Waals surface area (Å²) in [6, 6.07) is 0. The molecule has 0 aliphatic rings. The lowest BCUT2D eigenvalue weighted by molar-refractivity contribution is 0.0923. The van der Waals surface area contributed by atoms with E-state index in [4.69, 9.17) is 19.7 Å². The topological polar surface area (TPSA) is 77.8 Å². The Morgan fingerprint density at radius 2 is 1.82 bits per heavy atom. The predicted molar refractivity (Wildman–Crippen MR) is 35.4 cm³/mol. The highest BCUT2D eigenvalue weighted by molar-refractivity contribution is 7.46. The van der Waals surface area contributed by atoms with Gasteiger partial charge in [-0.05, 0) is 6.42 Å². The van der Waals surface area contributed by atoms with Crippen molar-refractivity contribution in [3.8, 4) is 0 Å². The van der Waals surface area contributed by atoms with Gasteiger partial charge in [0.15, 0.2) is 0 Å². The molecule has 0 aliphatic heterocycles. The summed E-state index contributed by atoms with van der Waals surface area (Å²) in [5, 5.41) is 16.5. The van der Waals surface area contributed by atoms with Crippen molar-refractivity contribution in [3.63, 3.8) is 0 Å². The van der Waals surface area contributed by atoms with Gasteiger partial charge < -0.3 is 10.2 Å². The van der Waals surface area contributed by atoms with Gasteiger partial charge in [0.25, 0.3) is 0 Å². The van der Waals surface area contributed by atoms with Gasteiger partial charge in [0.2, 0.25) is 0 Å². The lowest BCUT2D eigenvalue weighted by Crippen LogP contribution is -2.08. The van der Waals surface area contributed by atoms with Crippen LogP contribution in [0.25, 0.3) is 0 Å². The maximum atomic E-state index is 10.1. The Kier molecular flexibility index (Phi) is 8.21. The van der Waals surface area contributed by atoms with Crippen molar-refractivity contribution in [3.05, 3.63) is 0 Å². The van der Waals surface area contributed by atoms with E-state index >= 15 is 0 Å². The third-order valence-electron chi connectivity index (χ3n) is 0.682. The standard InChI is InChI=1S/C4H10O2.F2HO2P/c1-2-4(6)3-5;1-5(2,3)4/h4-6H,2-3H2,1H3;(H,3,4). The van der Waals surface area contributed by atoms with Crippen LogP contribution in [0.2, 0.25) is 0 Å². The van der Waals surface area contributed by atoms with E-state index in [1.807, 2.05) is 6.92 Å². The minimum absolute atomic E-state index is 0.115. The highest BCUT2D eigenvalue weighted by Crippen LogP contribution is 2.43. The van der Waals surface area contributed by atoms with Gasteiger partial charge in [0, 0.05) is 0 Å². The van der Waals surface area contributed by atoms with Gasteiger partial charge in [-0.3, -0.25) is 4.89 Å². The quantitative estimate of drug-likeness (QED) is 0.565. The number of hydrogen-bond acceptors (Lipinski definition) is 3. The molecular formula is C4H11F2O4P. The first-order valence-corrected chi connectivity index (χ1v) is 4.26. The van der Waals surface area contributed by atoms with Gasteiger partial charge >= 0.3 is 7.99 Å². The molecular weight excluding hydrogens is 181 g/mol. The summed E-state index contributed by atoms with van der Waals surface area (Å²) in [5.41, 5.74) is 0. The number of rotatable bonds is 2. The van der Waals surface area contributed by atoms with Crippen LogP contribution in [0.15, 0.2) is 0 Å². The highest BCUT2D eigenvalue weighted by Gasteiger charge is 2.09. The summed E-state index contributed by atoms with van der Waals surface area (Å²) in [6.45, 7) is 1.71. The van der Waals surface area contributed by atoms with Crippen LogP contribution in [-0.4, -0.2) is 27.8 Å². The zero-order valence-electron chi connectivity index (χ0n) is 5.94. The van der Waals surface area contributed by atoms with Crippen molar-refractivity contribution in [2.75, 3.05) is 6.61 Å². The SMILES string of the molecule is CCC(O)CO.O=P(O)(F)F. The summed E-state index contributed by atoms with van der Waals surface area (Å²) in [4.78, 5) is 6.74. The second-order valence-electron chi connectivity index (χ2n) is 1.68. The van der Waals surface area contributed by atoms with Gasteiger partial charge in [0.1, 0.15) is 0 Å². The Balaban J connectivity index is 0. The average Bonchev–Trinajstić information content (AvgIpc) is 1.83. The van der Waals surface area contributed by atoms with Gasteiger partial charge in [-0.2, -0.15) is 0 Å². The number of halogens is 2. The van der Waals surface area contributed by atoms with Gasteiger partial charge in [-0.1, -0.05) is 6.92 Å². The van der Waals surface area contributed by atoms with Crippen LogP contribution in [0.4, 0.5) is 8.39 Å². The van der Waals surface area contributed by atoms with E-state index in [9.17, 15) is 8.39 Å². The summed E-state index contributed by atoms with van der Waals surface area (Å²) < 4.78 is 28.7. The molecule has 0 bridgehead atoms. The van der Waals surface area contributed by atoms with E-state index in [1.165, 1.54) is 0 Å². The van der Waals surface area contributed by atoms with Crippen molar-refractivity contribution in [1.82, 2.24) is 0 Å². The molecule has 0 aromatic heterocycles. The molecule has 0 fully saturated rings. The summed E-state index contributed by atoms with van der Waals surface area (Å²) in [7, 11) is -5.64. The molecule has 11 heavy (non-hydrogen) atoms. The normalized spacial score (nSPS) is 13.3. The van der Waals surface area contributed by atoms with E-state index in [-0.39, 0.29) is 6.61 Å². The molecule has 0 amide bonds. The first kappa shape index (κ1) is 13.6. The van der Waals surface area contributed by atoms with E-state index in [1.54, 1.807) is 0 Å². The second kappa shape index (κ2) is 6.67. The monoisotopic (exact) mass is 192 g/mol. The zero-order chi connectivity index (χ0) is 9.49. The molecule has 0 spiro atoms. The Morgan fingerprint density at radius 1 is 1.55 bits per heavy atom. The molecule has 0 rings (SSSR count). The van der Waals surface area contributed by atoms with Gasteiger partial charge in [-0.15, -0.1) is 8.39 Å². The van der Waals surface area contributed by atoms with E-state index < -0.39 is 14.1 Å². The molecule has 1 atom stereocenters. The van der Waals surface area contributed by atoms with E-state index in [0.29, 0.717) is 6.42 Å². The molecule has 0 radical (unpaired) electrons. The minimum atomic E-state index is -5.64. The fourth-order valence-corrected chi connectivity index (χ4v) is 0.129. The predicted octanol–water partition coefficient (Wildman–Crippen LogP) is 0.775. The third kappa shape index (κ3) is 40.2. The molecule has 0 aromatic rings. The van der Waals surface area contributed by atoms with Crippen molar-refractivity contribution in [2.24, 2.45) is 0 Å². The maximum Gasteiger partial charge on any atom is 0.549 e. The third-order valence-corrected chi connectivity index (χ3v) is 0.682. The van der Waals surface area contributed by atoms with Crippen LogP contribution in [0.3, 0.4) is 0 Å². The largest absolute Gasteiger partial charge is 0.549 e. The van der Waals surface area contributed by atoms with Crippen LogP contribution >= 0.6 is 7.99 Å². The van der Waals surface area contributed by atoms with Crippen molar-refractivity contribution < 1.29 is 28.1 Å². The lowest BCUT2D eigenvalue weighted by Gasteiger charge is -1.97. The first-order chi connectivity index (χ1) is 4.81. The fraction of sp³-hybridized carbons (Fsp3) is 1.00. The molecule has 0 heterocycles. The molecule has 7 heteroatoms. The Labute approximate surface area is 63.2 Å². The van der Waals surface area contributed by atoms with Crippen molar-refractivity contribution in [2.45, 2.75) is 19.4 Å². The maximum absolute atomic E-state index is 10.1. The zero-order valence-corrected chi connectivity index (χ0v) is 6.84. The molecule has 4 nitrogen and oxygen atoms in total. The van der Waals surface area contributed by atoms with Crippen LogP contribution in [-0.2, 0) is 4.57 Å². The number of hydrogen-bond donors (Lipinski definition) is 3. The minimum Gasteiger partial charge on any atom is -0.394 e. The van der Waals surface area contributed by atoms with Gasteiger partial charge in [-0.25, -0.2) is 4.57 Å². The summed E-state index contributed by atoms with van der Waals surface area (Å²) >= 11 is 0. The molecule has 0 saturated carbocycles. The number of aliphatic hydroxyl groups is 2. The molecule has 1 unspecified atom stereocenters. The molecule has 70 valence electrons. The Morgan fingerprint density at radius 3 is 1.82 bits per heavy atom. The highest BCUT2D eigenvalue weighted by atomic mass is 31.2. The van der Waals surface area contributed by atoms with Crippen LogP contribution in [0.5, 0.6) is 0 Å². The molecule has 3 N–H and O–H groups in total. The molecule has 0 saturated heterocycles. The summed E-state index contributed by atoms with van der Waals surface area (Å²) in [6.07, 6.45) is 0.126. The summed E-state index contributed by atoms with van der Waals surface area (Å²) in [5.74, 6) is 0. The van der Waals surface area contributed by atoms with E-state index in [0.717, 1.165) is 0 Å². The average molecular weight is 192 g/mol. The molecule has 0 aliphatic carbocycles. The van der Waals surface area contributed by atoms with Gasteiger partial charge in [0.05, 0.1) is 12.7 Å². The number of aliphatic hydroxyl groups excluding tert-OH is 2. The van der Waals surface area contributed by atoms with Crippen molar-refractivity contribution in [1.29, 1.82) is 0 Å². The van der Waals surface area contributed by atoms with Crippen LogP contribution < -0.4 is 0 Å². The Bertz CT molecular complexity index is 113. The van der Waals surface area contributed by atoms with Crippen molar-refractivity contribution >= 4 is 7.99 Å². The first-order valence-electron chi connectivity index (χ1n) is 2.82. The van der Waals surface area contributed by atoms with Crippen LogP contribution in [0, 0.1) is 0 Å². The molecule has 0 aromatic carbocycles.